The Balaban J connectivity index is 1.64. The Hall–Kier alpha value is -3.88. The molecule has 1 N–H and O–H groups in total. The predicted molar refractivity (Wildman–Crippen MR) is 108 cm³/mol. The lowest BCUT2D eigenvalue weighted by Gasteiger charge is -2.10. The number of aromatic nitrogens is 4. The number of carbonyl (C=O) groups is 1. The number of alkyl halides is 3. The normalized spacial score (nSPS) is 11.5. The number of halogens is 3. The van der Waals surface area contributed by atoms with Crippen molar-refractivity contribution in [1.82, 2.24) is 24.9 Å². The minimum absolute atomic E-state index is 0.00207. The molecule has 0 saturated heterocycles. The van der Waals surface area contributed by atoms with Gasteiger partial charge in [-0.15, -0.1) is 0 Å². The van der Waals surface area contributed by atoms with Gasteiger partial charge in [-0.05, 0) is 12.1 Å². The molecule has 0 atom stereocenters. The van der Waals surface area contributed by atoms with Crippen LogP contribution in [0.2, 0.25) is 0 Å². The summed E-state index contributed by atoms with van der Waals surface area (Å²) in [6.07, 6.45) is -2.01. The van der Waals surface area contributed by atoms with Crippen LogP contribution in [-0.4, -0.2) is 25.5 Å². The molecule has 158 valence electrons. The summed E-state index contributed by atoms with van der Waals surface area (Å²) in [6.45, 7) is 0.00207. The molecule has 0 aliphatic carbocycles. The van der Waals surface area contributed by atoms with Gasteiger partial charge in [-0.2, -0.15) is 23.4 Å². The number of carbonyl (C=O) groups excluding carboxylic acids is 1. The fourth-order valence-electron chi connectivity index (χ4n) is 3.30. The molecule has 0 saturated carbocycles. The molecule has 9 heteroatoms. The molecule has 0 aliphatic heterocycles. The van der Waals surface area contributed by atoms with E-state index in [-0.39, 0.29) is 6.54 Å². The molecule has 2 aromatic heterocycles. The van der Waals surface area contributed by atoms with E-state index < -0.39 is 23.3 Å². The number of nitrogens with zero attached hydrogens (tertiary/aromatic N) is 4. The van der Waals surface area contributed by atoms with Crippen LogP contribution in [0, 0.1) is 0 Å². The molecule has 2 aromatic carbocycles. The van der Waals surface area contributed by atoms with Crippen LogP contribution >= 0.6 is 0 Å². The molecular formula is C22H18F3N5O. The van der Waals surface area contributed by atoms with Gasteiger partial charge in [-0.25, -0.2) is 4.68 Å². The highest BCUT2D eigenvalue weighted by molar-refractivity contribution is 5.95. The fraction of sp³-hybridized carbons (Fsp3) is 0.136. The molecule has 0 fully saturated rings. The van der Waals surface area contributed by atoms with Gasteiger partial charge in [0.2, 0.25) is 0 Å². The summed E-state index contributed by atoms with van der Waals surface area (Å²) in [7, 11) is 1.15. The van der Waals surface area contributed by atoms with Gasteiger partial charge in [-0.3, -0.25) is 9.48 Å². The zero-order valence-electron chi connectivity index (χ0n) is 16.5. The molecule has 6 nitrogen and oxygen atoms in total. The summed E-state index contributed by atoms with van der Waals surface area (Å²) in [6, 6.07) is 18.8. The van der Waals surface area contributed by atoms with Crippen LogP contribution in [0.25, 0.3) is 16.9 Å². The maximum absolute atomic E-state index is 13.3. The summed E-state index contributed by atoms with van der Waals surface area (Å²) in [5, 5.41) is 10.8. The van der Waals surface area contributed by atoms with Crippen molar-refractivity contribution in [3.8, 4) is 16.9 Å². The first-order valence-electron chi connectivity index (χ1n) is 9.41. The topological polar surface area (TPSA) is 64.7 Å². The third kappa shape index (κ3) is 4.20. The summed E-state index contributed by atoms with van der Waals surface area (Å²) < 4.78 is 42.2. The Morgan fingerprint density at radius 3 is 2.32 bits per heavy atom. The van der Waals surface area contributed by atoms with Crippen LogP contribution in [0.5, 0.6) is 0 Å². The average Bonchev–Trinajstić information content (AvgIpc) is 3.37. The van der Waals surface area contributed by atoms with Crippen molar-refractivity contribution >= 4 is 5.91 Å². The molecule has 0 spiro atoms. The van der Waals surface area contributed by atoms with Crippen LogP contribution in [0.15, 0.2) is 73.1 Å². The number of hydrogen-bond donors (Lipinski definition) is 1. The number of rotatable bonds is 5. The predicted octanol–water partition coefficient (Wildman–Crippen LogP) is 4.22. The summed E-state index contributed by atoms with van der Waals surface area (Å²) in [4.78, 5) is 12.5. The minimum atomic E-state index is -4.69. The van der Waals surface area contributed by atoms with E-state index >= 15 is 0 Å². The van der Waals surface area contributed by atoms with Crippen LogP contribution < -0.4 is 5.32 Å². The zero-order valence-corrected chi connectivity index (χ0v) is 16.5. The van der Waals surface area contributed by atoms with Gasteiger partial charge >= 0.3 is 6.18 Å². The highest BCUT2D eigenvalue weighted by Gasteiger charge is 2.39. The van der Waals surface area contributed by atoms with Crippen molar-refractivity contribution in [2.75, 3.05) is 0 Å². The molecule has 0 unspecified atom stereocenters. The molecule has 4 rings (SSSR count). The van der Waals surface area contributed by atoms with E-state index in [9.17, 15) is 18.0 Å². The number of aryl methyl sites for hydroxylation is 1. The number of para-hydroxylation sites is 1. The maximum Gasteiger partial charge on any atom is 0.433 e. The largest absolute Gasteiger partial charge is 0.433 e. The van der Waals surface area contributed by atoms with Crippen molar-refractivity contribution in [2.45, 2.75) is 12.7 Å². The second-order valence-corrected chi connectivity index (χ2v) is 6.86. The van der Waals surface area contributed by atoms with E-state index in [0.29, 0.717) is 15.9 Å². The first-order valence-corrected chi connectivity index (χ1v) is 9.41. The van der Waals surface area contributed by atoms with E-state index in [1.165, 1.54) is 0 Å². The quantitative estimate of drug-likeness (QED) is 0.521. The second-order valence-electron chi connectivity index (χ2n) is 6.86. The Morgan fingerprint density at radius 2 is 1.68 bits per heavy atom. The lowest BCUT2D eigenvalue weighted by molar-refractivity contribution is -0.144. The van der Waals surface area contributed by atoms with Crippen molar-refractivity contribution < 1.29 is 18.0 Å². The standard InChI is InChI=1S/C22H18F3N5O/c1-29-20(22(23,24)25)18(13-27-29)21(31)26-12-16-14-30(17-10-6-3-7-11-17)28-19(16)15-8-4-2-5-9-15/h2-11,13-14H,12H2,1H3,(H,26,31). The highest BCUT2D eigenvalue weighted by Crippen LogP contribution is 2.31. The van der Waals surface area contributed by atoms with Gasteiger partial charge in [0.1, 0.15) is 0 Å². The second kappa shape index (κ2) is 8.10. The summed E-state index contributed by atoms with van der Waals surface area (Å²) in [5.74, 6) is -0.855. The number of benzene rings is 2. The third-order valence-corrected chi connectivity index (χ3v) is 4.75. The molecule has 0 bridgehead atoms. The van der Waals surface area contributed by atoms with Crippen molar-refractivity contribution in [2.24, 2.45) is 7.05 Å². The number of amides is 1. The first-order chi connectivity index (χ1) is 14.8. The van der Waals surface area contributed by atoms with Gasteiger partial charge in [0.25, 0.3) is 5.91 Å². The molecule has 31 heavy (non-hydrogen) atoms. The number of hydrogen-bond acceptors (Lipinski definition) is 3. The minimum Gasteiger partial charge on any atom is -0.348 e. The Labute approximate surface area is 175 Å². The van der Waals surface area contributed by atoms with Gasteiger partial charge in [0.05, 0.1) is 23.1 Å². The number of nitrogens with one attached hydrogen (secondary N) is 1. The van der Waals surface area contributed by atoms with Crippen LogP contribution in [-0.2, 0) is 19.8 Å². The van der Waals surface area contributed by atoms with E-state index in [0.717, 1.165) is 24.5 Å². The van der Waals surface area contributed by atoms with Gasteiger partial charge < -0.3 is 5.32 Å². The van der Waals surface area contributed by atoms with E-state index in [1.54, 1.807) is 10.9 Å². The zero-order chi connectivity index (χ0) is 22.0. The Morgan fingerprint density at radius 1 is 1.03 bits per heavy atom. The van der Waals surface area contributed by atoms with E-state index in [4.69, 9.17) is 0 Å². The molecule has 0 radical (unpaired) electrons. The van der Waals surface area contributed by atoms with E-state index in [2.05, 4.69) is 15.5 Å². The lowest BCUT2D eigenvalue weighted by Crippen LogP contribution is -2.26. The molecule has 4 aromatic rings. The van der Waals surface area contributed by atoms with Crippen LogP contribution in [0.3, 0.4) is 0 Å². The SMILES string of the molecule is Cn1ncc(C(=O)NCc2cn(-c3ccccc3)nc2-c2ccccc2)c1C(F)(F)F. The third-order valence-electron chi connectivity index (χ3n) is 4.75. The highest BCUT2D eigenvalue weighted by atomic mass is 19.4. The maximum atomic E-state index is 13.3. The molecular weight excluding hydrogens is 407 g/mol. The summed E-state index contributed by atoms with van der Waals surface area (Å²) >= 11 is 0. The van der Waals surface area contributed by atoms with Crippen molar-refractivity contribution in [3.63, 3.8) is 0 Å². The lowest BCUT2D eigenvalue weighted by atomic mass is 10.1. The van der Waals surface area contributed by atoms with E-state index in [1.807, 2.05) is 60.7 Å². The van der Waals surface area contributed by atoms with Crippen LogP contribution in [0.1, 0.15) is 21.6 Å². The molecule has 1 amide bonds. The summed E-state index contributed by atoms with van der Waals surface area (Å²) in [5.41, 5.74) is 1.34. The van der Waals surface area contributed by atoms with Gasteiger partial charge in [-0.1, -0.05) is 48.5 Å². The Kier molecular flexibility index (Phi) is 5.33. The first kappa shape index (κ1) is 20.4. The average molecular weight is 425 g/mol. The smallest absolute Gasteiger partial charge is 0.348 e. The van der Waals surface area contributed by atoms with Crippen molar-refractivity contribution in [1.29, 1.82) is 0 Å². The van der Waals surface area contributed by atoms with Gasteiger partial charge in [0, 0.05) is 30.9 Å². The van der Waals surface area contributed by atoms with Crippen molar-refractivity contribution in [3.05, 3.63) is 89.9 Å². The fourth-order valence-corrected chi connectivity index (χ4v) is 3.30. The monoisotopic (exact) mass is 425 g/mol. The molecule has 0 aliphatic rings. The molecule has 2 heterocycles. The van der Waals surface area contributed by atoms with Gasteiger partial charge in [0.15, 0.2) is 5.69 Å². The Bertz CT molecular complexity index is 1200. The van der Waals surface area contributed by atoms with Crippen LogP contribution in [0.4, 0.5) is 13.2 Å².